The van der Waals surface area contributed by atoms with Gasteiger partial charge in [-0.3, -0.25) is 14.3 Å². The number of rotatable bonds is 3. The van der Waals surface area contributed by atoms with Crippen molar-refractivity contribution < 1.29 is 23.1 Å². The summed E-state index contributed by atoms with van der Waals surface area (Å²) >= 11 is 0. The normalized spacial score (nSPS) is 20.7. The van der Waals surface area contributed by atoms with E-state index in [9.17, 15) is 23.5 Å². The van der Waals surface area contributed by atoms with E-state index in [2.05, 4.69) is 5.10 Å². The van der Waals surface area contributed by atoms with Crippen LogP contribution in [0.3, 0.4) is 0 Å². The predicted octanol–water partition coefficient (Wildman–Crippen LogP) is 3.36. The van der Waals surface area contributed by atoms with E-state index >= 15 is 4.39 Å². The van der Waals surface area contributed by atoms with Crippen LogP contribution in [0.5, 0.6) is 5.75 Å². The van der Waals surface area contributed by atoms with E-state index in [1.165, 1.54) is 39.9 Å². The van der Waals surface area contributed by atoms with Crippen LogP contribution in [0.15, 0.2) is 53.5 Å². The van der Waals surface area contributed by atoms with Crippen LogP contribution in [0, 0.1) is 17.5 Å². The fraction of sp³-hybridized carbons (Fsp3) is 0.261. The number of benzene rings is 2. The Morgan fingerprint density at radius 2 is 1.88 bits per heavy atom. The molecular weight excluding hydrogens is 423 g/mol. The number of fused-ring (bicyclic) bond motifs is 2. The average Bonchev–Trinajstić information content (AvgIpc) is 3.26. The molecular formula is C23H18F3N3O3. The molecule has 0 saturated carbocycles. The van der Waals surface area contributed by atoms with Crippen molar-refractivity contribution in [3.8, 4) is 5.75 Å². The van der Waals surface area contributed by atoms with Crippen LogP contribution < -0.4 is 5.43 Å². The SMILES string of the molecule is O=C1c2c(O)c(=O)cnn2C([C@H](c2cccc(F)c2)c2cccc(F)c2F)[C@H]2CCCN12. The van der Waals surface area contributed by atoms with Gasteiger partial charge in [-0.1, -0.05) is 24.3 Å². The van der Waals surface area contributed by atoms with E-state index in [-0.39, 0.29) is 11.3 Å². The molecule has 1 unspecified atom stereocenters. The second-order valence-corrected chi connectivity index (χ2v) is 8.03. The number of amides is 1. The van der Waals surface area contributed by atoms with Crippen LogP contribution in [0.25, 0.3) is 0 Å². The van der Waals surface area contributed by atoms with Crippen molar-refractivity contribution in [2.45, 2.75) is 30.8 Å². The molecule has 3 heterocycles. The number of nitrogens with zero attached hydrogens (tertiary/aromatic N) is 3. The Hall–Kier alpha value is -3.62. The lowest BCUT2D eigenvalue weighted by Gasteiger charge is -2.42. The maximum absolute atomic E-state index is 15.1. The van der Waals surface area contributed by atoms with Crippen molar-refractivity contribution in [2.75, 3.05) is 6.54 Å². The van der Waals surface area contributed by atoms with Gasteiger partial charge in [0.1, 0.15) is 5.82 Å². The molecule has 3 aromatic rings. The van der Waals surface area contributed by atoms with Crippen molar-refractivity contribution in [1.82, 2.24) is 14.7 Å². The molecule has 0 bridgehead atoms. The van der Waals surface area contributed by atoms with Gasteiger partial charge in [-0.2, -0.15) is 5.10 Å². The summed E-state index contributed by atoms with van der Waals surface area (Å²) in [7, 11) is 0. The molecule has 9 heteroatoms. The van der Waals surface area contributed by atoms with Crippen molar-refractivity contribution in [1.29, 1.82) is 0 Å². The van der Waals surface area contributed by atoms with E-state index in [1.54, 1.807) is 6.07 Å². The van der Waals surface area contributed by atoms with Crippen molar-refractivity contribution in [3.63, 3.8) is 0 Å². The molecule has 1 aromatic heterocycles. The van der Waals surface area contributed by atoms with Crippen LogP contribution in [-0.4, -0.2) is 38.3 Å². The number of aromatic hydroxyl groups is 1. The third kappa shape index (κ3) is 2.99. The van der Waals surface area contributed by atoms with Gasteiger partial charge in [0.15, 0.2) is 23.1 Å². The minimum atomic E-state index is -1.09. The summed E-state index contributed by atoms with van der Waals surface area (Å²) in [5.41, 5.74) is -0.807. The topological polar surface area (TPSA) is 75.4 Å². The summed E-state index contributed by atoms with van der Waals surface area (Å²) in [6.45, 7) is 0.379. The van der Waals surface area contributed by atoms with E-state index in [1.807, 2.05) is 0 Å². The molecule has 164 valence electrons. The average molecular weight is 441 g/mol. The first-order valence-corrected chi connectivity index (χ1v) is 10.2. The number of hydrogen-bond donors (Lipinski definition) is 1. The largest absolute Gasteiger partial charge is 0.502 e. The monoisotopic (exact) mass is 441 g/mol. The maximum atomic E-state index is 15.1. The van der Waals surface area contributed by atoms with Crippen molar-refractivity contribution in [2.24, 2.45) is 0 Å². The molecule has 6 nitrogen and oxygen atoms in total. The highest BCUT2D eigenvalue weighted by molar-refractivity contribution is 5.96. The number of halogens is 3. The molecule has 1 fully saturated rings. The van der Waals surface area contributed by atoms with E-state index in [0.29, 0.717) is 24.9 Å². The maximum Gasteiger partial charge on any atom is 0.276 e. The summed E-state index contributed by atoms with van der Waals surface area (Å²) in [5, 5.41) is 14.5. The minimum Gasteiger partial charge on any atom is -0.502 e. The predicted molar refractivity (Wildman–Crippen MR) is 108 cm³/mol. The van der Waals surface area contributed by atoms with Gasteiger partial charge in [0, 0.05) is 18.0 Å². The molecule has 2 aromatic carbocycles. The smallest absolute Gasteiger partial charge is 0.276 e. The lowest BCUT2D eigenvalue weighted by molar-refractivity contribution is 0.0564. The standard InChI is InChI=1S/C23H18F3N3O3/c24-13-5-1-4-12(10-13)18(14-6-2-7-15(25)19(14)26)20-16-8-3-9-28(16)23(32)21-22(31)17(30)11-27-29(20)21/h1-2,4-7,10-11,16,18,20,31H,3,8-9H2/t16-,18-,20?/m1/s1. The lowest BCUT2D eigenvalue weighted by atomic mass is 9.79. The molecule has 5 rings (SSSR count). The summed E-state index contributed by atoms with van der Waals surface area (Å²) in [6, 6.07) is 8.00. The summed E-state index contributed by atoms with van der Waals surface area (Å²) in [4.78, 5) is 26.6. The van der Waals surface area contributed by atoms with Gasteiger partial charge in [0.25, 0.3) is 5.91 Å². The highest BCUT2D eigenvalue weighted by atomic mass is 19.2. The molecule has 0 radical (unpaired) electrons. The first kappa shape index (κ1) is 20.3. The second kappa shape index (κ2) is 7.51. The molecule has 1 N–H and O–H groups in total. The first-order chi connectivity index (χ1) is 15.4. The van der Waals surface area contributed by atoms with Gasteiger partial charge in [-0.25, -0.2) is 13.2 Å². The quantitative estimate of drug-likeness (QED) is 0.677. The van der Waals surface area contributed by atoms with Gasteiger partial charge in [-0.15, -0.1) is 0 Å². The Kier molecular flexibility index (Phi) is 4.76. The fourth-order valence-electron chi connectivity index (χ4n) is 4.97. The number of carbonyl (C=O) groups is 1. The van der Waals surface area contributed by atoms with Gasteiger partial charge in [0.05, 0.1) is 18.3 Å². The third-order valence-corrected chi connectivity index (χ3v) is 6.29. The summed E-state index contributed by atoms with van der Waals surface area (Å²) in [6.07, 6.45) is 2.08. The molecule has 0 aliphatic carbocycles. The minimum absolute atomic E-state index is 0.0345. The zero-order valence-electron chi connectivity index (χ0n) is 16.7. The Morgan fingerprint density at radius 3 is 2.66 bits per heavy atom. The molecule has 3 atom stereocenters. The molecule has 1 saturated heterocycles. The number of carbonyl (C=O) groups excluding carboxylic acids is 1. The van der Waals surface area contributed by atoms with E-state index in [4.69, 9.17) is 0 Å². The lowest BCUT2D eigenvalue weighted by Crippen LogP contribution is -2.51. The molecule has 2 aliphatic heterocycles. The Morgan fingerprint density at radius 1 is 1.09 bits per heavy atom. The zero-order chi connectivity index (χ0) is 22.6. The van der Waals surface area contributed by atoms with Gasteiger partial charge in [0.2, 0.25) is 5.43 Å². The Balaban J connectivity index is 1.82. The summed E-state index contributed by atoms with van der Waals surface area (Å²) < 4.78 is 44.7. The fourth-order valence-corrected chi connectivity index (χ4v) is 4.97. The molecule has 32 heavy (non-hydrogen) atoms. The Labute approximate surface area is 180 Å². The van der Waals surface area contributed by atoms with Gasteiger partial charge < -0.3 is 10.0 Å². The van der Waals surface area contributed by atoms with Crippen LogP contribution in [0.2, 0.25) is 0 Å². The highest BCUT2D eigenvalue weighted by Crippen LogP contribution is 2.46. The van der Waals surface area contributed by atoms with Crippen LogP contribution in [-0.2, 0) is 0 Å². The van der Waals surface area contributed by atoms with Crippen molar-refractivity contribution in [3.05, 3.63) is 93.2 Å². The van der Waals surface area contributed by atoms with Crippen LogP contribution in [0.4, 0.5) is 13.2 Å². The first-order valence-electron chi connectivity index (χ1n) is 10.2. The van der Waals surface area contributed by atoms with Crippen LogP contribution >= 0.6 is 0 Å². The van der Waals surface area contributed by atoms with Gasteiger partial charge in [-0.05, 0) is 36.6 Å². The second-order valence-electron chi connectivity index (χ2n) is 8.03. The molecule has 1 amide bonds. The zero-order valence-corrected chi connectivity index (χ0v) is 16.7. The third-order valence-electron chi connectivity index (χ3n) is 6.29. The van der Waals surface area contributed by atoms with E-state index in [0.717, 1.165) is 12.3 Å². The number of hydrogen-bond acceptors (Lipinski definition) is 4. The summed E-state index contributed by atoms with van der Waals surface area (Å²) in [5.74, 6) is -4.96. The van der Waals surface area contributed by atoms with Crippen LogP contribution in [0.1, 0.15) is 46.4 Å². The molecule has 2 aliphatic rings. The Bertz CT molecular complexity index is 1290. The van der Waals surface area contributed by atoms with E-state index < -0.39 is 52.5 Å². The number of aromatic nitrogens is 2. The highest BCUT2D eigenvalue weighted by Gasteiger charge is 2.48. The van der Waals surface area contributed by atoms with Gasteiger partial charge >= 0.3 is 0 Å². The molecule has 0 spiro atoms. The van der Waals surface area contributed by atoms with Crippen molar-refractivity contribution >= 4 is 5.91 Å².